The van der Waals surface area contributed by atoms with Gasteiger partial charge in [-0.2, -0.15) is 13.2 Å². The van der Waals surface area contributed by atoms with E-state index >= 15 is 0 Å². The van der Waals surface area contributed by atoms with Crippen LogP contribution in [-0.4, -0.2) is 22.6 Å². The number of halogens is 3. The molecule has 3 aromatic rings. The van der Waals surface area contributed by atoms with E-state index in [1.807, 2.05) is 0 Å². The molecule has 35 heavy (non-hydrogen) atoms. The van der Waals surface area contributed by atoms with Crippen LogP contribution in [0.3, 0.4) is 0 Å². The molecule has 0 aliphatic carbocycles. The van der Waals surface area contributed by atoms with Crippen LogP contribution in [0.2, 0.25) is 0 Å². The van der Waals surface area contributed by atoms with Gasteiger partial charge in [0.15, 0.2) is 5.60 Å². The van der Waals surface area contributed by atoms with Gasteiger partial charge in [0.2, 0.25) is 5.91 Å². The van der Waals surface area contributed by atoms with Crippen LogP contribution >= 0.6 is 0 Å². The first-order chi connectivity index (χ1) is 16.3. The molecule has 184 valence electrons. The fourth-order valence-electron chi connectivity index (χ4n) is 3.40. The van der Waals surface area contributed by atoms with Crippen LogP contribution in [0, 0.1) is 6.92 Å². The Balaban J connectivity index is 1.70. The van der Waals surface area contributed by atoms with Gasteiger partial charge in [-0.25, -0.2) is 4.79 Å². The summed E-state index contributed by atoms with van der Waals surface area (Å²) < 4.78 is 44.5. The quantitative estimate of drug-likeness (QED) is 0.392. The Bertz CT molecular complexity index is 1230. The number of aryl methyl sites for hydroxylation is 1. The highest BCUT2D eigenvalue weighted by molar-refractivity contribution is 5.95. The Labute approximate surface area is 201 Å². The van der Waals surface area contributed by atoms with Crippen molar-refractivity contribution in [3.63, 3.8) is 0 Å². The first-order valence-corrected chi connectivity index (χ1v) is 10.9. The zero-order chi connectivity index (χ0) is 26.0. The van der Waals surface area contributed by atoms with Crippen LogP contribution in [0.5, 0.6) is 5.75 Å². The van der Waals surface area contributed by atoms with E-state index in [4.69, 9.17) is 4.74 Å². The van der Waals surface area contributed by atoms with E-state index in [2.05, 4.69) is 5.32 Å². The van der Waals surface area contributed by atoms with Crippen LogP contribution in [0.25, 0.3) is 11.1 Å². The third kappa shape index (κ3) is 6.20. The largest absolute Gasteiger partial charge is 0.478 e. The molecule has 2 N–H and O–H groups in total. The van der Waals surface area contributed by atoms with Crippen molar-refractivity contribution in [2.24, 2.45) is 0 Å². The summed E-state index contributed by atoms with van der Waals surface area (Å²) in [6, 6.07) is 16.8. The SMILES string of the molecule is Cc1cc(C(C)C(=O)Nc2ccc(-c3cccc(C(F)(F)F)c3)cc2)ccc1OC(C)(C)C(=O)O. The summed E-state index contributed by atoms with van der Waals surface area (Å²) in [5.41, 5.74) is 0.836. The molecule has 8 heteroatoms. The Hall–Kier alpha value is -3.81. The molecule has 1 amide bonds. The number of aliphatic carboxylic acids is 1. The number of hydrogen-bond acceptors (Lipinski definition) is 3. The van der Waals surface area contributed by atoms with Crippen molar-refractivity contribution in [2.75, 3.05) is 5.32 Å². The molecule has 1 unspecified atom stereocenters. The fraction of sp³-hybridized carbons (Fsp3) is 0.259. The van der Waals surface area contributed by atoms with Crippen molar-refractivity contribution in [3.05, 3.63) is 83.4 Å². The summed E-state index contributed by atoms with van der Waals surface area (Å²) in [4.78, 5) is 24.1. The number of nitrogens with one attached hydrogen (secondary N) is 1. The number of rotatable bonds is 7. The smallest absolute Gasteiger partial charge is 0.416 e. The van der Waals surface area contributed by atoms with Gasteiger partial charge in [-0.15, -0.1) is 0 Å². The number of carboxylic acid groups (broad SMARTS) is 1. The highest BCUT2D eigenvalue weighted by Crippen LogP contribution is 2.33. The molecule has 5 nitrogen and oxygen atoms in total. The molecule has 0 bridgehead atoms. The molecular formula is C27H26F3NO4. The van der Waals surface area contributed by atoms with Gasteiger partial charge < -0.3 is 15.2 Å². The average molecular weight is 486 g/mol. The lowest BCUT2D eigenvalue weighted by Crippen LogP contribution is -2.38. The molecular weight excluding hydrogens is 459 g/mol. The first kappa shape index (κ1) is 25.8. The van der Waals surface area contributed by atoms with E-state index in [1.165, 1.54) is 19.9 Å². The maximum Gasteiger partial charge on any atom is 0.416 e. The second-order valence-electron chi connectivity index (χ2n) is 8.81. The number of alkyl halides is 3. The molecule has 0 aliphatic heterocycles. The number of hydrogen-bond donors (Lipinski definition) is 2. The Morgan fingerprint density at radius 3 is 2.17 bits per heavy atom. The maximum absolute atomic E-state index is 13.0. The van der Waals surface area contributed by atoms with E-state index in [0.717, 1.165) is 17.7 Å². The lowest BCUT2D eigenvalue weighted by molar-refractivity contribution is -0.152. The molecule has 0 fully saturated rings. The van der Waals surface area contributed by atoms with Crippen molar-refractivity contribution in [1.82, 2.24) is 0 Å². The molecule has 0 saturated heterocycles. The second kappa shape index (κ2) is 9.82. The Kier molecular flexibility index (Phi) is 7.24. The summed E-state index contributed by atoms with van der Waals surface area (Å²) in [6.45, 7) is 6.42. The highest BCUT2D eigenvalue weighted by Gasteiger charge is 2.31. The van der Waals surface area contributed by atoms with Gasteiger partial charge in [-0.05, 0) is 80.3 Å². The number of benzene rings is 3. The van der Waals surface area contributed by atoms with Crippen LogP contribution in [-0.2, 0) is 15.8 Å². The molecule has 3 rings (SSSR count). The molecule has 3 aromatic carbocycles. The molecule has 1 atom stereocenters. The van der Waals surface area contributed by atoms with Crippen molar-refractivity contribution in [3.8, 4) is 16.9 Å². The van der Waals surface area contributed by atoms with E-state index in [0.29, 0.717) is 28.1 Å². The molecule has 0 aromatic heterocycles. The number of anilines is 1. The monoisotopic (exact) mass is 485 g/mol. The van der Waals surface area contributed by atoms with Crippen LogP contribution in [0.15, 0.2) is 66.7 Å². The zero-order valence-electron chi connectivity index (χ0n) is 19.7. The van der Waals surface area contributed by atoms with Crippen LogP contribution in [0.4, 0.5) is 18.9 Å². The van der Waals surface area contributed by atoms with E-state index in [9.17, 15) is 27.9 Å². The number of amides is 1. The molecule has 0 saturated carbocycles. The van der Waals surface area contributed by atoms with Crippen molar-refractivity contribution >= 4 is 17.6 Å². The first-order valence-electron chi connectivity index (χ1n) is 10.9. The van der Waals surface area contributed by atoms with Crippen LogP contribution in [0.1, 0.15) is 43.4 Å². The van der Waals surface area contributed by atoms with Crippen molar-refractivity contribution in [1.29, 1.82) is 0 Å². The summed E-state index contributed by atoms with van der Waals surface area (Å²) in [6.07, 6.45) is -4.42. The normalized spacial score (nSPS) is 12.7. The minimum Gasteiger partial charge on any atom is -0.478 e. The predicted octanol–water partition coefficient (Wildman–Crippen LogP) is 6.67. The van der Waals surface area contributed by atoms with Gasteiger partial charge in [0.1, 0.15) is 5.75 Å². The lowest BCUT2D eigenvalue weighted by Gasteiger charge is -2.23. The summed E-state index contributed by atoms with van der Waals surface area (Å²) in [7, 11) is 0. The highest BCUT2D eigenvalue weighted by atomic mass is 19.4. The van der Waals surface area contributed by atoms with Crippen molar-refractivity contribution in [2.45, 2.75) is 45.4 Å². The molecule has 0 aliphatic rings. The minimum absolute atomic E-state index is 0.268. The molecule has 0 radical (unpaired) electrons. The zero-order valence-corrected chi connectivity index (χ0v) is 19.7. The third-order valence-electron chi connectivity index (χ3n) is 5.65. The van der Waals surface area contributed by atoms with Crippen molar-refractivity contribution < 1.29 is 32.6 Å². The Morgan fingerprint density at radius 2 is 1.60 bits per heavy atom. The number of carboxylic acids is 1. The summed E-state index contributed by atoms with van der Waals surface area (Å²) in [5, 5.41) is 12.1. The van der Waals surface area contributed by atoms with E-state index < -0.39 is 29.2 Å². The number of ether oxygens (including phenoxy) is 1. The third-order valence-corrected chi connectivity index (χ3v) is 5.65. The minimum atomic E-state index is -4.42. The number of carbonyl (C=O) groups is 2. The standard InChI is InChI=1S/C27H26F3NO4/c1-16-14-19(10-13-23(16)35-26(3,4)25(33)34)17(2)24(32)31-22-11-8-18(9-12-22)20-6-5-7-21(15-20)27(28,29)30/h5-15,17H,1-4H3,(H,31,32)(H,33,34). The van der Waals surface area contributed by atoms with E-state index in [1.54, 1.807) is 62.4 Å². The van der Waals surface area contributed by atoms with Gasteiger partial charge in [0.25, 0.3) is 0 Å². The topological polar surface area (TPSA) is 75.6 Å². The van der Waals surface area contributed by atoms with Gasteiger partial charge in [-0.3, -0.25) is 4.79 Å². The van der Waals surface area contributed by atoms with E-state index in [-0.39, 0.29) is 5.91 Å². The molecule has 0 heterocycles. The predicted molar refractivity (Wildman–Crippen MR) is 127 cm³/mol. The lowest BCUT2D eigenvalue weighted by atomic mass is 9.97. The van der Waals surface area contributed by atoms with Crippen LogP contribution < -0.4 is 10.1 Å². The second-order valence-corrected chi connectivity index (χ2v) is 8.81. The molecule has 0 spiro atoms. The van der Waals surface area contributed by atoms with Gasteiger partial charge in [0.05, 0.1) is 11.5 Å². The van der Waals surface area contributed by atoms with Gasteiger partial charge in [0, 0.05) is 5.69 Å². The fourth-order valence-corrected chi connectivity index (χ4v) is 3.40. The van der Waals surface area contributed by atoms with Gasteiger partial charge in [-0.1, -0.05) is 36.4 Å². The maximum atomic E-state index is 13.0. The average Bonchev–Trinajstić information content (AvgIpc) is 2.79. The summed E-state index contributed by atoms with van der Waals surface area (Å²) >= 11 is 0. The summed E-state index contributed by atoms with van der Waals surface area (Å²) in [5.74, 6) is -1.46. The number of carbonyl (C=O) groups excluding carboxylic acids is 1. The Morgan fingerprint density at radius 1 is 0.943 bits per heavy atom. The van der Waals surface area contributed by atoms with Gasteiger partial charge >= 0.3 is 12.1 Å².